The number of nitrogens with zero attached hydrogens (tertiary/aromatic N) is 1. The molecule has 1 fully saturated rings. The molecule has 94 valence electrons. The van der Waals surface area contributed by atoms with Crippen LogP contribution in [0, 0.1) is 0 Å². The second-order valence-corrected chi connectivity index (χ2v) is 5.45. The van der Waals surface area contributed by atoms with Crippen molar-refractivity contribution in [1.29, 1.82) is 0 Å². The highest BCUT2D eigenvalue weighted by Gasteiger charge is 2.33. The zero-order valence-corrected chi connectivity index (χ0v) is 11.3. The van der Waals surface area contributed by atoms with E-state index in [-0.39, 0.29) is 5.97 Å². The Balaban J connectivity index is 2.40. The number of hydrogen-bond donors (Lipinski definition) is 1. The molecule has 0 saturated heterocycles. The summed E-state index contributed by atoms with van der Waals surface area (Å²) < 4.78 is 5.03. The predicted molar refractivity (Wildman–Crippen MR) is 71.0 cm³/mol. The highest BCUT2D eigenvalue weighted by molar-refractivity contribution is 7.18. The van der Waals surface area contributed by atoms with Gasteiger partial charge in [-0.3, -0.25) is 0 Å². The standard InChI is InChI=1S/C12H18N2O2S/c1-4-16-12(15)10-9(13)8(7-5-6-7)11(17-10)14(2)3/h7H,4-6,13H2,1-3H3. The van der Waals surface area contributed by atoms with Gasteiger partial charge in [0.05, 0.1) is 17.3 Å². The second-order valence-electron chi connectivity index (χ2n) is 4.45. The van der Waals surface area contributed by atoms with Crippen molar-refractivity contribution in [3.63, 3.8) is 0 Å². The largest absolute Gasteiger partial charge is 0.462 e. The summed E-state index contributed by atoms with van der Waals surface area (Å²) in [6.07, 6.45) is 2.34. The molecule has 1 heterocycles. The first-order valence-electron chi connectivity index (χ1n) is 5.82. The average Bonchev–Trinajstić information content (AvgIpc) is 3.02. The molecular weight excluding hydrogens is 236 g/mol. The number of thiophene rings is 1. The lowest BCUT2D eigenvalue weighted by Gasteiger charge is -2.12. The minimum atomic E-state index is -0.301. The Morgan fingerprint density at radius 3 is 2.65 bits per heavy atom. The molecule has 0 aromatic carbocycles. The van der Waals surface area contributed by atoms with Crippen LogP contribution in [0.3, 0.4) is 0 Å². The zero-order valence-electron chi connectivity index (χ0n) is 10.4. The summed E-state index contributed by atoms with van der Waals surface area (Å²) in [6, 6.07) is 0. The van der Waals surface area contributed by atoms with Gasteiger partial charge in [0.2, 0.25) is 0 Å². The number of rotatable bonds is 4. The van der Waals surface area contributed by atoms with Gasteiger partial charge in [-0.25, -0.2) is 4.79 Å². The van der Waals surface area contributed by atoms with Gasteiger partial charge in [0, 0.05) is 19.7 Å². The number of carbonyl (C=O) groups is 1. The molecule has 5 heteroatoms. The molecule has 4 nitrogen and oxygen atoms in total. The molecule has 1 aliphatic carbocycles. The molecular formula is C12H18N2O2S. The zero-order chi connectivity index (χ0) is 12.6. The van der Waals surface area contributed by atoms with Gasteiger partial charge >= 0.3 is 5.97 Å². The second kappa shape index (κ2) is 4.56. The highest BCUT2D eigenvalue weighted by Crippen LogP contribution is 2.51. The average molecular weight is 254 g/mol. The maximum atomic E-state index is 11.8. The van der Waals surface area contributed by atoms with Crippen molar-refractivity contribution in [2.75, 3.05) is 31.3 Å². The third kappa shape index (κ3) is 2.24. The Bertz CT molecular complexity index is 436. The number of carbonyl (C=O) groups excluding carboxylic acids is 1. The van der Waals surface area contributed by atoms with Crippen molar-refractivity contribution in [3.05, 3.63) is 10.4 Å². The van der Waals surface area contributed by atoms with Crippen LogP contribution in [-0.2, 0) is 4.74 Å². The van der Waals surface area contributed by atoms with Crippen LogP contribution in [0.25, 0.3) is 0 Å². The summed E-state index contributed by atoms with van der Waals surface area (Å²) in [5, 5.41) is 1.09. The molecule has 1 aliphatic rings. The molecule has 0 atom stereocenters. The number of ether oxygens (including phenoxy) is 1. The summed E-state index contributed by atoms with van der Waals surface area (Å²) in [7, 11) is 3.96. The first-order valence-corrected chi connectivity index (χ1v) is 6.64. The van der Waals surface area contributed by atoms with E-state index >= 15 is 0 Å². The first-order chi connectivity index (χ1) is 8.06. The minimum absolute atomic E-state index is 0.301. The van der Waals surface area contributed by atoms with Crippen LogP contribution in [0.2, 0.25) is 0 Å². The maximum Gasteiger partial charge on any atom is 0.350 e. The number of anilines is 2. The minimum Gasteiger partial charge on any atom is -0.462 e. The van der Waals surface area contributed by atoms with Gasteiger partial charge < -0.3 is 15.4 Å². The van der Waals surface area contributed by atoms with Gasteiger partial charge in [0.25, 0.3) is 0 Å². The summed E-state index contributed by atoms with van der Waals surface area (Å²) in [4.78, 5) is 14.4. The van der Waals surface area contributed by atoms with E-state index in [1.54, 1.807) is 6.92 Å². The molecule has 0 radical (unpaired) electrons. The molecule has 2 N–H and O–H groups in total. The summed E-state index contributed by atoms with van der Waals surface area (Å²) >= 11 is 1.44. The SMILES string of the molecule is CCOC(=O)c1sc(N(C)C)c(C2CC2)c1N. The highest BCUT2D eigenvalue weighted by atomic mass is 32.1. The Labute approximate surface area is 105 Å². The molecule has 2 rings (SSSR count). The van der Waals surface area contributed by atoms with E-state index in [0.717, 1.165) is 10.6 Å². The van der Waals surface area contributed by atoms with Gasteiger partial charge in [-0.15, -0.1) is 11.3 Å². The molecule has 1 aromatic heterocycles. The van der Waals surface area contributed by atoms with Gasteiger partial charge in [-0.1, -0.05) is 0 Å². The van der Waals surface area contributed by atoms with E-state index in [1.165, 1.54) is 24.2 Å². The third-order valence-corrected chi connectivity index (χ3v) is 4.19. The fourth-order valence-corrected chi connectivity index (χ4v) is 3.02. The number of hydrogen-bond acceptors (Lipinski definition) is 5. The smallest absolute Gasteiger partial charge is 0.350 e. The summed E-state index contributed by atoms with van der Waals surface area (Å²) in [5.41, 5.74) is 7.86. The van der Waals surface area contributed by atoms with Gasteiger partial charge in [-0.2, -0.15) is 0 Å². The molecule has 0 amide bonds. The van der Waals surface area contributed by atoms with Crippen LogP contribution in [-0.4, -0.2) is 26.7 Å². The van der Waals surface area contributed by atoms with Crippen molar-refractivity contribution in [2.45, 2.75) is 25.7 Å². The van der Waals surface area contributed by atoms with Gasteiger partial charge in [0.15, 0.2) is 0 Å². The molecule has 1 saturated carbocycles. The number of nitrogen functional groups attached to an aromatic ring is 1. The van der Waals surface area contributed by atoms with E-state index in [9.17, 15) is 4.79 Å². The van der Waals surface area contributed by atoms with Crippen molar-refractivity contribution < 1.29 is 9.53 Å². The van der Waals surface area contributed by atoms with Crippen molar-refractivity contribution in [3.8, 4) is 0 Å². The van der Waals surface area contributed by atoms with E-state index < -0.39 is 0 Å². The monoisotopic (exact) mass is 254 g/mol. The Kier molecular flexibility index (Phi) is 3.28. The third-order valence-electron chi connectivity index (χ3n) is 2.82. The normalized spacial score (nSPS) is 14.8. The topological polar surface area (TPSA) is 55.6 Å². The van der Waals surface area contributed by atoms with Gasteiger partial charge in [-0.05, 0) is 25.7 Å². The van der Waals surface area contributed by atoms with Crippen LogP contribution in [0.4, 0.5) is 10.7 Å². The van der Waals surface area contributed by atoms with E-state index in [4.69, 9.17) is 10.5 Å². The van der Waals surface area contributed by atoms with Crippen LogP contribution < -0.4 is 10.6 Å². The van der Waals surface area contributed by atoms with Crippen LogP contribution in [0.5, 0.6) is 0 Å². The Hall–Kier alpha value is -1.23. The van der Waals surface area contributed by atoms with Crippen LogP contribution in [0.15, 0.2) is 0 Å². The molecule has 0 spiro atoms. The predicted octanol–water partition coefficient (Wildman–Crippen LogP) is 2.45. The quantitative estimate of drug-likeness (QED) is 0.839. The lowest BCUT2D eigenvalue weighted by molar-refractivity contribution is 0.0533. The van der Waals surface area contributed by atoms with Crippen LogP contribution in [0.1, 0.15) is 40.9 Å². The van der Waals surface area contributed by atoms with Gasteiger partial charge in [0.1, 0.15) is 4.88 Å². The van der Waals surface area contributed by atoms with E-state index in [1.807, 2.05) is 19.0 Å². The molecule has 17 heavy (non-hydrogen) atoms. The van der Waals surface area contributed by atoms with E-state index in [0.29, 0.717) is 23.1 Å². The molecule has 0 aliphatic heterocycles. The Morgan fingerprint density at radius 1 is 1.53 bits per heavy atom. The summed E-state index contributed by atoms with van der Waals surface area (Å²) in [5.74, 6) is 0.233. The first kappa shape index (κ1) is 12.2. The Morgan fingerprint density at radius 2 is 2.18 bits per heavy atom. The number of nitrogens with two attached hydrogens (primary N) is 1. The maximum absolute atomic E-state index is 11.8. The lowest BCUT2D eigenvalue weighted by Crippen LogP contribution is -2.09. The van der Waals surface area contributed by atoms with Crippen molar-refractivity contribution in [1.82, 2.24) is 0 Å². The molecule has 0 bridgehead atoms. The fourth-order valence-electron chi connectivity index (χ4n) is 1.89. The number of esters is 1. The van der Waals surface area contributed by atoms with E-state index in [2.05, 4.69) is 0 Å². The van der Waals surface area contributed by atoms with Crippen LogP contribution >= 0.6 is 11.3 Å². The molecule has 1 aromatic rings. The summed E-state index contributed by atoms with van der Waals surface area (Å²) in [6.45, 7) is 2.18. The molecule has 0 unspecified atom stereocenters. The lowest BCUT2D eigenvalue weighted by atomic mass is 10.1. The van der Waals surface area contributed by atoms with Crippen molar-refractivity contribution >= 4 is 28.0 Å². The van der Waals surface area contributed by atoms with Crippen molar-refractivity contribution in [2.24, 2.45) is 0 Å². The fraction of sp³-hybridized carbons (Fsp3) is 0.583.